The van der Waals surface area contributed by atoms with Gasteiger partial charge in [0.2, 0.25) is 0 Å². The molecule has 3 nitrogen and oxygen atoms in total. The fourth-order valence-electron chi connectivity index (χ4n) is 1.65. The Kier molecular flexibility index (Phi) is 4.76. The first-order valence-electron chi connectivity index (χ1n) is 5.59. The molecule has 0 heterocycles. The molecular weight excluding hydrogens is 216 g/mol. The van der Waals surface area contributed by atoms with Gasteiger partial charge in [-0.15, -0.1) is 0 Å². The lowest BCUT2D eigenvalue weighted by atomic mass is 10.0. The predicted molar refractivity (Wildman–Crippen MR) is 67.9 cm³/mol. The summed E-state index contributed by atoms with van der Waals surface area (Å²) >= 11 is 0. The molecule has 0 amide bonds. The van der Waals surface area contributed by atoms with E-state index in [-0.39, 0.29) is 5.78 Å². The van der Waals surface area contributed by atoms with Crippen LogP contribution in [-0.4, -0.2) is 20.0 Å². The van der Waals surface area contributed by atoms with E-state index in [0.717, 1.165) is 5.57 Å². The minimum absolute atomic E-state index is 0.00880. The van der Waals surface area contributed by atoms with Crippen LogP contribution in [0.25, 0.3) is 0 Å². The molecule has 0 N–H and O–H groups in total. The molecule has 0 fully saturated rings. The van der Waals surface area contributed by atoms with Crippen molar-refractivity contribution in [2.24, 2.45) is 0 Å². The summed E-state index contributed by atoms with van der Waals surface area (Å²) in [5.74, 6) is 1.23. The van der Waals surface area contributed by atoms with Gasteiger partial charge in [-0.2, -0.15) is 0 Å². The minimum atomic E-state index is 0.00880. The Bertz CT molecular complexity index is 433. The Morgan fingerprint density at radius 1 is 1.29 bits per heavy atom. The standard InChI is InChI=1S/C14H18O3/c1-5-10(6-2)14(15)12-8-7-11(16-3)9-13(12)17-4/h5,7-9H,6H2,1-4H3/b10-5-. The molecule has 3 heteroatoms. The first kappa shape index (κ1) is 13.3. The topological polar surface area (TPSA) is 35.5 Å². The van der Waals surface area contributed by atoms with Crippen LogP contribution in [0, 0.1) is 0 Å². The van der Waals surface area contributed by atoms with E-state index in [2.05, 4.69) is 0 Å². The number of carbonyl (C=O) groups excluding carboxylic acids is 1. The second-order valence-corrected chi connectivity index (χ2v) is 3.56. The molecule has 0 aliphatic carbocycles. The van der Waals surface area contributed by atoms with Crippen LogP contribution in [0.3, 0.4) is 0 Å². The molecular formula is C14H18O3. The van der Waals surface area contributed by atoms with E-state index in [9.17, 15) is 4.79 Å². The minimum Gasteiger partial charge on any atom is -0.497 e. The molecule has 1 aromatic rings. The van der Waals surface area contributed by atoms with E-state index in [1.165, 1.54) is 0 Å². The molecule has 0 saturated heterocycles. The molecule has 0 aromatic heterocycles. The molecule has 17 heavy (non-hydrogen) atoms. The van der Waals surface area contributed by atoms with Crippen LogP contribution >= 0.6 is 0 Å². The SMILES string of the molecule is C/C=C(/CC)C(=O)c1ccc(OC)cc1OC. The smallest absolute Gasteiger partial charge is 0.192 e. The maximum absolute atomic E-state index is 12.2. The van der Waals surface area contributed by atoms with Crippen molar-refractivity contribution in [3.05, 3.63) is 35.4 Å². The lowest BCUT2D eigenvalue weighted by Gasteiger charge is -2.10. The van der Waals surface area contributed by atoms with Gasteiger partial charge in [0.1, 0.15) is 11.5 Å². The van der Waals surface area contributed by atoms with E-state index in [1.807, 2.05) is 19.9 Å². The monoisotopic (exact) mass is 234 g/mol. The van der Waals surface area contributed by atoms with Crippen LogP contribution < -0.4 is 9.47 Å². The number of benzene rings is 1. The lowest BCUT2D eigenvalue weighted by Crippen LogP contribution is -2.05. The maximum Gasteiger partial charge on any atom is 0.192 e. The molecule has 92 valence electrons. The number of allylic oxidation sites excluding steroid dienone is 2. The average molecular weight is 234 g/mol. The summed E-state index contributed by atoms with van der Waals surface area (Å²) in [6.07, 6.45) is 2.55. The van der Waals surface area contributed by atoms with Crippen molar-refractivity contribution in [3.63, 3.8) is 0 Å². The number of hydrogen-bond acceptors (Lipinski definition) is 3. The van der Waals surface area contributed by atoms with Crippen molar-refractivity contribution in [2.45, 2.75) is 20.3 Å². The summed E-state index contributed by atoms with van der Waals surface area (Å²) in [5, 5.41) is 0. The van der Waals surface area contributed by atoms with Gasteiger partial charge in [-0.25, -0.2) is 0 Å². The number of methoxy groups -OCH3 is 2. The van der Waals surface area contributed by atoms with E-state index in [1.54, 1.807) is 32.4 Å². The molecule has 1 aromatic carbocycles. The molecule has 0 aliphatic rings. The number of ether oxygens (including phenoxy) is 2. The summed E-state index contributed by atoms with van der Waals surface area (Å²) < 4.78 is 10.3. The Labute approximate surface area is 102 Å². The molecule has 0 bridgehead atoms. The molecule has 0 atom stereocenters. The Balaban J connectivity index is 3.18. The summed E-state index contributed by atoms with van der Waals surface area (Å²) in [6.45, 7) is 3.83. The third-order valence-corrected chi connectivity index (χ3v) is 2.67. The van der Waals surface area contributed by atoms with Crippen molar-refractivity contribution >= 4 is 5.78 Å². The third kappa shape index (κ3) is 2.87. The maximum atomic E-state index is 12.2. The second-order valence-electron chi connectivity index (χ2n) is 3.56. The van der Waals surface area contributed by atoms with Crippen molar-refractivity contribution in [1.29, 1.82) is 0 Å². The van der Waals surface area contributed by atoms with Gasteiger partial charge >= 0.3 is 0 Å². The summed E-state index contributed by atoms with van der Waals surface area (Å²) in [4.78, 5) is 12.2. The van der Waals surface area contributed by atoms with Crippen LogP contribution in [0.4, 0.5) is 0 Å². The average Bonchev–Trinajstić information content (AvgIpc) is 2.39. The van der Waals surface area contributed by atoms with Gasteiger partial charge in [0, 0.05) is 6.07 Å². The van der Waals surface area contributed by atoms with Crippen molar-refractivity contribution in [3.8, 4) is 11.5 Å². The fraction of sp³-hybridized carbons (Fsp3) is 0.357. The number of rotatable bonds is 5. The fourth-order valence-corrected chi connectivity index (χ4v) is 1.65. The Hall–Kier alpha value is -1.77. The molecule has 1 rings (SSSR count). The highest BCUT2D eigenvalue weighted by molar-refractivity contribution is 6.10. The van der Waals surface area contributed by atoms with Gasteiger partial charge in [0.05, 0.1) is 19.8 Å². The van der Waals surface area contributed by atoms with E-state index in [4.69, 9.17) is 9.47 Å². The molecule has 0 spiro atoms. The Morgan fingerprint density at radius 3 is 2.47 bits per heavy atom. The van der Waals surface area contributed by atoms with Crippen LogP contribution in [0.15, 0.2) is 29.8 Å². The van der Waals surface area contributed by atoms with Crippen molar-refractivity contribution < 1.29 is 14.3 Å². The quantitative estimate of drug-likeness (QED) is 0.579. The predicted octanol–water partition coefficient (Wildman–Crippen LogP) is 3.24. The number of hydrogen-bond donors (Lipinski definition) is 0. The zero-order chi connectivity index (χ0) is 12.8. The molecule has 0 saturated carbocycles. The number of carbonyl (C=O) groups is 1. The van der Waals surface area contributed by atoms with Crippen LogP contribution in [0.2, 0.25) is 0 Å². The molecule has 0 radical (unpaired) electrons. The van der Waals surface area contributed by atoms with Crippen LogP contribution in [0.5, 0.6) is 11.5 Å². The van der Waals surface area contributed by atoms with E-state index in [0.29, 0.717) is 23.5 Å². The zero-order valence-electron chi connectivity index (χ0n) is 10.7. The highest BCUT2D eigenvalue weighted by Crippen LogP contribution is 2.27. The lowest BCUT2D eigenvalue weighted by molar-refractivity contribution is 0.102. The van der Waals surface area contributed by atoms with Gasteiger partial charge in [0.15, 0.2) is 5.78 Å². The van der Waals surface area contributed by atoms with Crippen LogP contribution in [-0.2, 0) is 0 Å². The first-order valence-corrected chi connectivity index (χ1v) is 5.59. The van der Waals surface area contributed by atoms with Crippen molar-refractivity contribution in [2.75, 3.05) is 14.2 Å². The largest absolute Gasteiger partial charge is 0.497 e. The molecule has 0 aliphatic heterocycles. The summed E-state index contributed by atoms with van der Waals surface area (Å²) in [7, 11) is 3.13. The van der Waals surface area contributed by atoms with Gasteiger partial charge in [-0.1, -0.05) is 13.0 Å². The van der Waals surface area contributed by atoms with Gasteiger partial charge in [-0.05, 0) is 31.1 Å². The van der Waals surface area contributed by atoms with Gasteiger partial charge in [-0.3, -0.25) is 4.79 Å². The highest BCUT2D eigenvalue weighted by Gasteiger charge is 2.15. The van der Waals surface area contributed by atoms with Crippen molar-refractivity contribution in [1.82, 2.24) is 0 Å². The van der Waals surface area contributed by atoms with Gasteiger partial charge in [0.25, 0.3) is 0 Å². The first-order chi connectivity index (χ1) is 8.17. The normalized spacial score (nSPS) is 11.2. The van der Waals surface area contributed by atoms with E-state index >= 15 is 0 Å². The summed E-state index contributed by atoms with van der Waals surface area (Å²) in [5.41, 5.74) is 1.36. The zero-order valence-corrected chi connectivity index (χ0v) is 10.7. The van der Waals surface area contributed by atoms with Gasteiger partial charge < -0.3 is 9.47 Å². The second kappa shape index (κ2) is 6.09. The Morgan fingerprint density at radius 2 is 2.00 bits per heavy atom. The van der Waals surface area contributed by atoms with Crippen LogP contribution in [0.1, 0.15) is 30.6 Å². The molecule has 0 unspecified atom stereocenters. The van der Waals surface area contributed by atoms with E-state index < -0.39 is 0 Å². The summed E-state index contributed by atoms with van der Waals surface area (Å²) in [6, 6.07) is 5.22. The highest BCUT2D eigenvalue weighted by atomic mass is 16.5. The number of Topliss-reactive ketones (excluding diaryl/α,β-unsaturated/α-hetero) is 1. The number of ketones is 1. The third-order valence-electron chi connectivity index (χ3n) is 2.67.